The second kappa shape index (κ2) is 4.79. The Morgan fingerprint density at radius 1 is 1.60 bits per heavy atom. The molecule has 0 aromatic carbocycles. The van der Waals surface area contributed by atoms with Crippen molar-refractivity contribution in [2.75, 3.05) is 19.6 Å². The maximum atomic E-state index is 12.0. The van der Waals surface area contributed by atoms with Gasteiger partial charge >= 0.3 is 0 Å². The van der Waals surface area contributed by atoms with E-state index >= 15 is 0 Å². The van der Waals surface area contributed by atoms with E-state index < -0.39 is 0 Å². The molecule has 84 valence electrons. The van der Waals surface area contributed by atoms with E-state index in [0.717, 1.165) is 32.5 Å². The van der Waals surface area contributed by atoms with E-state index in [1.807, 2.05) is 4.90 Å². The van der Waals surface area contributed by atoms with E-state index in [-0.39, 0.29) is 0 Å². The monoisotopic (exact) mass is 208 g/mol. The van der Waals surface area contributed by atoms with Crippen LogP contribution in [-0.4, -0.2) is 36.5 Å². The molecule has 3 nitrogen and oxygen atoms in total. The smallest absolute Gasteiger partial charge is 0.223 e. The number of amides is 1. The van der Waals surface area contributed by atoms with E-state index in [4.69, 9.17) is 0 Å². The van der Waals surface area contributed by atoms with Crippen molar-refractivity contribution in [3.63, 3.8) is 0 Å². The summed E-state index contributed by atoms with van der Waals surface area (Å²) in [6.07, 6.45) is 7.41. The zero-order chi connectivity index (χ0) is 10.7. The van der Waals surface area contributed by atoms with E-state index in [9.17, 15) is 4.79 Å². The number of hydrogen-bond acceptors (Lipinski definition) is 2. The van der Waals surface area contributed by atoms with Crippen LogP contribution in [0.5, 0.6) is 0 Å². The molecular formula is C12H20N2O. The predicted octanol–water partition coefficient (Wildman–Crippen LogP) is 1.16. The molecule has 0 spiro atoms. The third-order valence-electron chi connectivity index (χ3n) is 3.27. The van der Waals surface area contributed by atoms with Gasteiger partial charge in [0.2, 0.25) is 5.91 Å². The number of carbonyl (C=O) groups is 1. The zero-order valence-corrected chi connectivity index (χ0v) is 9.41. The second-order valence-electron chi connectivity index (χ2n) is 4.66. The first-order valence-electron chi connectivity index (χ1n) is 5.93. The largest absolute Gasteiger partial charge is 0.340 e. The third kappa shape index (κ3) is 2.81. The molecule has 1 aliphatic carbocycles. The van der Waals surface area contributed by atoms with Crippen LogP contribution in [0.2, 0.25) is 0 Å². The highest BCUT2D eigenvalue weighted by atomic mass is 16.2. The lowest BCUT2D eigenvalue weighted by Crippen LogP contribution is -2.51. The van der Waals surface area contributed by atoms with Gasteiger partial charge in [0, 0.05) is 32.1 Å². The number of rotatable bonds is 2. The van der Waals surface area contributed by atoms with Gasteiger partial charge in [0.1, 0.15) is 0 Å². The summed E-state index contributed by atoms with van der Waals surface area (Å²) < 4.78 is 0. The Bertz CT molecular complexity index is 262. The molecule has 1 heterocycles. The SMILES string of the molecule is CC1CN(C(=O)CC2C=CCC2)CCN1. The molecule has 2 aliphatic rings. The standard InChI is InChI=1S/C12H20N2O/c1-10-9-14(7-6-13-10)12(15)8-11-4-2-3-5-11/h2,4,10-11,13H,3,5-9H2,1H3. The maximum absolute atomic E-state index is 12.0. The molecule has 15 heavy (non-hydrogen) atoms. The van der Waals surface area contributed by atoms with Gasteiger partial charge < -0.3 is 10.2 Å². The topological polar surface area (TPSA) is 32.3 Å². The van der Waals surface area contributed by atoms with Gasteiger partial charge in [-0.3, -0.25) is 4.79 Å². The number of carbonyl (C=O) groups excluding carboxylic acids is 1. The highest BCUT2D eigenvalue weighted by Crippen LogP contribution is 2.21. The Labute approximate surface area is 91.5 Å². The number of hydrogen-bond donors (Lipinski definition) is 1. The van der Waals surface area contributed by atoms with Crippen LogP contribution in [0.4, 0.5) is 0 Å². The zero-order valence-electron chi connectivity index (χ0n) is 9.41. The van der Waals surface area contributed by atoms with Crippen LogP contribution in [-0.2, 0) is 4.79 Å². The fourth-order valence-electron chi connectivity index (χ4n) is 2.38. The molecule has 1 aliphatic heterocycles. The van der Waals surface area contributed by atoms with Gasteiger partial charge in [0.25, 0.3) is 0 Å². The van der Waals surface area contributed by atoms with Crippen molar-refractivity contribution in [1.82, 2.24) is 10.2 Å². The fourth-order valence-corrected chi connectivity index (χ4v) is 2.38. The number of allylic oxidation sites excluding steroid dienone is 2. The molecule has 3 heteroatoms. The highest BCUT2D eigenvalue weighted by Gasteiger charge is 2.22. The summed E-state index contributed by atoms with van der Waals surface area (Å²) in [6.45, 7) is 4.82. The molecule has 0 aromatic heterocycles. The van der Waals surface area contributed by atoms with Gasteiger partial charge in [-0.05, 0) is 25.7 Å². The van der Waals surface area contributed by atoms with Gasteiger partial charge in [0.05, 0.1) is 0 Å². The molecule has 2 unspecified atom stereocenters. The van der Waals surface area contributed by atoms with Gasteiger partial charge in [-0.2, -0.15) is 0 Å². The highest BCUT2D eigenvalue weighted by molar-refractivity contribution is 5.76. The second-order valence-corrected chi connectivity index (χ2v) is 4.66. The summed E-state index contributed by atoms with van der Waals surface area (Å²) in [6, 6.07) is 0.446. The lowest BCUT2D eigenvalue weighted by atomic mass is 10.0. The number of nitrogens with zero attached hydrogens (tertiary/aromatic N) is 1. The molecule has 0 bridgehead atoms. The first kappa shape index (κ1) is 10.7. The Kier molecular flexibility index (Phi) is 3.41. The lowest BCUT2D eigenvalue weighted by molar-refractivity contribution is -0.133. The number of nitrogens with one attached hydrogen (secondary N) is 1. The lowest BCUT2D eigenvalue weighted by Gasteiger charge is -2.32. The molecule has 0 saturated carbocycles. The normalized spacial score (nSPS) is 30.9. The summed E-state index contributed by atoms with van der Waals surface area (Å²) in [5.41, 5.74) is 0. The van der Waals surface area contributed by atoms with Crippen LogP contribution in [0.1, 0.15) is 26.2 Å². The van der Waals surface area contributed by atoms with Crippen LogP contribution >= 0.6 is 0 Å². The Morgan fingerprint density at radius 3 is 3.13 bits per heavy atom. The van der Waals surface area contributed by atoms with Gasteiger partial charge in [-0.25, -0.2) is 0 Å². The van der Waals surface area contributed by atoms with Crippen LogP contribution in [0.15, 0.2) is 12.2 Å². The summed E-state index contributed by atoms with van der Waals surface area (Å²) in [7, 11) is 0. The molecule has 1 amide bonds. The van der Waals surface area contributed by atoms with Gasteiger partial charge in [-0.15, -0.1) is 0 Å². The summed E-state index contributed by atoms with van der Waals surface area (Å²) in [5, 5.41) is 3.35. The molecule has 2 rings (SSSR count). The van der Waals surface area contributed by atoms with E-state index in [2.05, 4.69) is 24.4 Å². The molecule has 2 atom stereocenters. The molecule has 1 fully saturated rings. The summed E-state index contributed by atoms with van der Waals surface area (Å²) in [4.78, 5) is 14.0. The Hall–Kier alpha value is -0.830. The van der Waals surface area contributed by atoms with E-state index in [0.29, 0.717) is 24.3 Å². The summed E-state index contributed by atoms with van der Waals surface area (Å²) >= 11 is 0. The summed E-state index contributed by atoms with van der Waals surface area (Å²) in [5.74, 6) is 0.836. The van der Waals surface area contributed by atoms with Crippen molar-refractivity contribution in [2.45, 2.75) is 32.2 Å². The molecular weight excluding hydrogens is 188 g/mol. The Morgan fingerprint density at radius 2 is 2.47 bits per heavy atom. The van der Waals surface area contributed by atoms with Crippen molar-refractivity contribution < 1.29 is 4.79 Å². The predicted molar refractivity (Wildman–Crippen MR) is 60.5 cm³/mol. The van der Waals surface area contributed by atoms with Crippen LogP contribution in [0, 0.1) is 5.92 Å². The van der Waals surface area contributed by atoms with Crippen molar-refractivity contribution in [1.29, 1.82) is 0 Å². The van der Waals surface area contributed by atoms with Crippen molar-refractivity contribution >= 4 is 5.91 Å². The van der Waals surface area contributed by atoms with E-state index in [1.54, 1.807) is 0 Å². The minimum atomic E-state index is 0.333. The minimum absolute atomic E-state index is 0.333. The average molecular weight is 208 g/mol. The van der Waals surface area contributed by atoms with Crippen molar-refractivity contribution in [3.05, 3.63) is 12.2 Å². The maximum Gasteiger partial charge on any atom is 0.223 e. The quantitative estimate of drug-likeness (QED) is 0.691. The Balaban J connectivity index is 1.81. The van der Waals surface area contributed by atoms with Crippen LogP contribution in [0.3, 0.4) is 0 Å². The molecule has 0 radical (unpaired) electrons. The van der Waals surface area contributed by atoms with Crippen molar-refractivity contribution in [3.8, 4) is 0 Å². The minimum Gasteiger partial charge on any atom is -0.340 e. The first-order valence-corrected chi connectivity index (χ1v) is 5.93. The van der Waals surface area contributed by atoms with Crippen LogP contribution in [0.25, 0.3) is 0 Å². The number of piperazine rings is 1. The fraction of sp³-hybridized carbons (Fsp3) is 0.750. The molecule has 1 N–H and O–H groups in total. The van der Waals surface area contributed by atoms with Gasteiger partial charge in [-0.1, -0.05) is 12.2 Å². The molecule has 0 aromatic rings. The third-order valence-corrected chi connectivity index (χ3v) is 3.27. The molecule has 1 saturated heterocycles. The average Bonchev–Trinajstić information content (AvgIpc) is 2.70. The first-order chi connectivity index (χ1) is 7.25. The van der Waals surface area contributed by atoms with Crippen molar-refractivity contribution in [2.24, 2.45) is 5.92 Å². The van der Waals surface area contributed by atoms with Gasteiger partial charge in [0.15, 0.2) is 0 Å². The van der Waals surface area contributed by atoms with Crippen LogP contribution < -0.4 is 5.32 Å². The van der Waals surface area contributed by atoms with E-state index in [1.165, 1.54) is 0 Å².